The maximum Gasteiger partial charge on any atom is 0.222 e. The second-order valence-corrected chi connectivity index (χ2v) is 6.93. The molecule has 4 atom stereocenters. The monoisotopic (exact) mass is 286 g/mol. The SMILES string of the molecule is CC1CN(C(=O)CC2CC3CCC(C2)N3)CC1C.Cl. The van der Waals surface area contributed by atoms with Crippen molar-refractivity contribution in [3.8, 4) is 0 Å². The Labute approximate surface area is 122 Å². The molecule has 110 valence electrons. The molecule has 1 amide bonds. The summed E-state index contributed by atoms with van der Waals surface area (Å²) in [7, 11) is 0. The van der Waals surface area contributed by atoms with Crippen LogP contribution in [0.15, 0.2) is 0 Å². The third-order valence-electron chi connectivity index (χ3n) is 5.37. The van der Waals surface area contributed by atoms with Crippen LogP contribution in [-0.4, -0.2) is 36.0 Å². The van der Waals surface area contributed by atoms with Crippen molar-refractivity contribution in [2.45, 2.75) is 58.0 Å². The van der Waals surface area contributed by atoms with Crippen LogP contribution < -0.4 is 5.32 Å². The van der Waals surface area contributed by atoms with Crippen LogP contribution in [-0.2, 0) is 4.79 Å². The van der Waals surface area contributed by atoms with Gasteiger partial charge < -0.3 is 10.2 Å². The molecule has 4 unspecified atom stereocenters. The van der Waals surface area contributed by atoms with E-state index >= 15 is 0 Å². The molecular formula is C15H27ClN2O. The Kier molecular flexibility index (Phi) is 4.78. The highest BCUT2D eigenvalue weighted by Crippen LogP contribution is 2.33. The van der Waals surface area contributed by atoms with Gasteiger partial charge in [0, 0.05) is 31.6 Å². The molecule has 3 rings (SSSR count). The molecular weight excluding hydrogens is 260 g/mol. The number of amides is 1. The van der Waals surface area contributed by atoms with Crippen molar-refractivity contribution in [2.24, 2.45) is 17.8 Å². The lowest BCUT2D eigenvalue weighted by molar-refractivity contribution is -0.131. The van der Waals surface area contributed by atoms with Gasteiger partial charge in [0.2, 0.25) is 5.91 Å². The Morgan fingerprint density at radius 3 is 2.16 bits per heavy atom. The van der Waals surface area contributed by atoms with Gasteiger partial charge in [-0.1, -0.05) is 13.8 Å². The molecule has 3 aliphatic rings. The first-order chi connectivity index (χ1) is 8.61. The number of carbonyl (C=O) groups is 1. The Morgan fingerprint density at radius 2 is 1.63 bits per heavy atom. The number of halogens is 1. The van der Waals surface area contributed by atoms with Crippen molar-refractivity contribution in [3.63, 3.8) is 0 Å². The van der Waals surface area contributed by atoms with E-state index in [2.05, 4.69) is 24.1 Å². The number of rotatable bonds is 2. The molecule has 0 radical (unpaired) electrons. The maximum absolute atomic E-state index is 12.3. The van der Waals surface area contributed by atoms with Gasteiger partial charge in [0.15, 0.2) is 0 Å². The Morgan fingerprint density at radius 1 is 1.11 bits per heavy atom. The summed E-state index contributed by atoms with van der Waals surface area (Å²) < 4.78 is 0. The molecule has 3 fully saturated rings. The fraction of sp³-hybridized carbons (Fsp3) is 0.933. The van der Waals surface area contributed by atoms with Gasteiger partial charge in [-0.15, -0.1) is 12.4 Å². The number of hydrogen-bond donors (Lipinski definition) is 1. The summed E-state index contributed by atoms with van der Waals surface area (Å²) in [5.74, 6) is 2.41. The van der Waals surface area contributed by atoms with Crippen LogP contribution >= 0.6 is 12.4 Å². The zero-order valence-corrected chi connectivity index (χ0v) is 12.9. The van der Waals surface area contributed by atoms with Crippen LogP contribution in [0.4, 0.5) is 0 Å². The number of carbonyl (C=O) groups excluding carboxylic acids is 1. The Hall–Kier alpha value is -0.280. The summed E-state index contributed by atoms with van der Waals surface area (Å²) in [6.45, 7) is 6.50. The average Bonchev–Trinajstić information content (AvgIpc) is 2.83. The van der Waals surface area contributed by atoms with Gasteiger partial charge in [-0.25, -0.2) is 0 Å². The minimum absolute atomic E-state index is 0. The fourth-order valence-corrected chi connectivity index (χ4v) is 4.05. The molecule has 0 spiro atoms. The highest BCUT2D eigenvalue weighted by Gasteiger charge is 2.36. The van der Waals surface area contributed by atoms with Crippen molar-refractivity contribution in [2.75, 3.05) is 13.1 Å². The van der Waals surface area contributed by atoms with Crippen LogP contribution in [0.3, 0.4) is 0 Å². The molecule has 0 aliphatic carbocycles. The molecule has 4 heteroatoms. The lowest BCUT2D eigenvalue weighted by Crippen LogP contribution is -2.40. The minimum Gasteiger partial charge on any atom is -0.342 e. The van der Waals surface area contributed by atoms with Gasteiger partial charge in [0.25, 0.3) is 0 Å². The van der Waals surface area contributed by atoms with E-state index in [1.807, 2.05) is 0 Å². The number of nitrogens with zero attached hydrogens (tertiary/aromatic N) is 1. The van der Waals surface area contributed by atoms with Crippen LogP contribution in [0.1, 0.15) is 46.0 Å². The second kappa shape index (κ2) is 6.01. The van der Waals surface area contributed by atoms with Gasteiger partial charge in [-0.2, -0.15) is 0 Å². The van der Waals surface area contributed by atoms with E-state index in [9.17, 15) is 4.79 Å². The molecule has 3 heterocycles. The fourth-order valence-electron chi connectivity index (χ4n) is 4.05. The molecule has 3 aliphatic heterocycles. The van der Waals surface area contributed by atoms with E-state index in [0.29, 0.717) is 35.7 Å². The summed E-state index contributed by atoms with van der Waals surface area (Å²) in [5, 5.41) is 3.65. The van der Waals surface area contributed by atoms with Gasteiger partial charge in [0.1, 0.15) is 0 Å². The van der Waals surface area contributed by atoms with Crippen LogP contribution in [0.2, 0.25) is 0 Å². The normalized spacial score (nSPS) is 41.2. The molecule has 0 saturated carbocycles. The van der Waals surface area contributed by atoms with E-state index in [4.69, 9.17) is 0 Å². The first-order valence-corrected chi connectivity index (χ1v) is 7.65. The molecule has 3 saturated heterocycles. The lowest BCUT2D eigenvalue weighted by Gasteiger charge is -2.30. The summed E-state index contributed by atoms with van der Waals surface area (Å²) in [5.41, 5.74) is 0. The van der Waals surface area contributed by atoms with E-state index in [1.165, 1.54) is 25.7 Å². The topological polar surface area (TPSA) is 32.3 Å². The number of nitrogens with one attached hydrogen (secondary N) is 1. The highest BCUT2D eigenvalue weighted by atomic mass is 35.5. The Balaban J connectivity index is 0.00000133. The standard InChI is InChI=1S/C15H26N2O.ClH/c1-10-8-17(9-11(10)2)15(18)7-12-5-13-3-4-14(6-12)16-13;/h10-14,16H,3-9H2,1-2H3;1H. The van der Waals surface area contributed by atoms with E-state index in [1.54, 1.807) is 0 Å². The summed E-state index contributed by atoms with van der Waals surface area (Å²) in [4.78, 5) is 14.5. The predicted molar refractivity (Wildman–Crippen MR) is 79.4 cm³/mol. The first kappa shape index (κ1) is 15.1. The first-order valence-electron chi connectivity index (χ1n) is 7.65. The molecule has 19 heavy (non-hydrogen) atoms. The molecule has 0 aromatic heterocycles. The third kappa shape index (κ3) is 3.25. The van der Waals surface area contributed by atoms with E-state index in [-0.39, 0.29) is 12.4 Å². The van der Waals surface area contributed by atoms with Gasteiger partial charge in [-0.3, -0.25) is 4.79 Å². The van der Waals surface area contributed by atoms with E-state index in [0.717, 1.165) is 19.5 Å². The lowest BCUT2D eigenvalue weighted by atomic mass is 9.89. The largest absolute Gasteiger partial charge is 0.342 e. The molecule has 1 N–H and O–H groups in total. The minimum atomic E-state index is 0. The van der Waals surface area contributed by atoms with Crippen LogP contribution in [0.5, 0.6) is 0 Å². The van der Waals surface area contributed by atoms with Crippen molar-refractivity contribution in [1.82, 2.24) is 10.2 Å². The quantitative estimate of drug-likeness (QED) is 0.846. The van der Waals surface area contributed by atoms with Gasteiger partial charge in [-0.05, 0) is 43.4 Å². The zero-order chi connectivity index (χ0) is 12.7. The zero-order valence-electron chi connectivity index (χ0n) is 12.1. The second-order valence-electron chi connectivity index (χ2n) is 6.93. The predicted octanol–water partition coefficient (Wildman–Crippen LogP) is 2.44. The third-order valence-corrected chi connectivity index (χ3v) is 5.37. The average molecular weight is 287 g/mol. The number of likely N-dealkylation sites (tertiary alicyclic amines) is 1. The van der Waals surface area contributed by atoms with Crippen LogP contribution in [0, 0.1) is 17.8 Å². The number of fused-ring (bicyclic) bond motifs is 2. The van der Waals surface area contributed by atoms with Crippen LogP contribution in [0.25, 0.3) is 0 Å². The number of hydrogen-bond acceptors (Lipinski definition) is 2. The highest BCUT2D eigenvalue weighted by molar-refractivity contribution is 5.85. The van der Waals surface area contributed by atoms with Crippen molar-refractivity contribution in [3.05, 3.63) is 0 Å². The molecule has 0 aromatic carbocycles. The maximum atomic E-state index is 12.3. The molecule has 2 bridgehead atoms. The summed E-state index contributed by atoms with van der Waals surface area (Å²) in [6.07, 6.45) is 5.90. The summed E-state index contributed by atoms with van der Waals surface area (Å²) >= 11 is 0. The molecule has 3 nitrogen and oxygen atoms in total. The van der Waals surface area contributed by atoms with Crippen molar-refractivity contribution >= 4 is 18.3 Å². The van der Waals surface area contributed by atoms with Gasteiger partial charge >= 0.3 is 0 Å². The van der Waals surface area contributed by atoms with Crippen molar-refractivity contribution in [1.29, 1.82) is 0 Å². The number of piperidine rings is 1. The van der Waals surface area contributed by atoms with Gasteiger partial charge in [0.05, 0.1) is 0 Å². The Bertz CT molecular complexity index is 314. The van der Waals surface area contributed by atoms with E-state index < -0.39 is 0 Å². The van der Waals surface area contributed by atoms with Crippen molar-refractivity contribution < 1.29 is 4.79 Å². The smallest absolute Gasteiger partial charge is 0.222 e. The summed E-state index contributed by atoms with van der Waals surface area (Å²) in [6, 6.07) is 1.41. The molecule has 0 aromatic rings.